The minimum absolute atomic E-state index is 0.0137. The van der Waals surface area contributed by atoms with Crippen LogP contribution in [0, 0.1) is 5.82 Å². The van der Waals surface area contributed by atoms with Gasteiger partial charge in [0.2, 0.25) is 15.9 Å². The minimum Gasteiger partial charge on any atom is -0.370 e. The molecule has 6 nitrogen and oxygen atoms in total. The molecule has 1 aliphatic rings. The van der Waals surface area contributed by atoms with Gasteiger partial charge in [-0.3, -0.25) is 4.79 Å². The second-order valence-electron chi connectivity index (χ2n) is 6.33. The summed E-state index contributed by atoms with van der Waals surface area (Å²) < 4.78 is 45.8. The first kappa shape index (κ1) is 20.7. The highest BCUT2D eigenvalue weighted by Gasteiger charge is 2.26. The van der Waals surface area contributed by atoms with E-state index in [1.165, 1.54) is 24.3 Å². The van der Waals surface area contributed by atoms with E-state index in [0.717, 1.165) is 5.56 Å². The quantitative estimate of drug-likeness (QED) is 0.770. The summed E-state index contributed by atoms with van der Waals surface area (Å²) in [4.78, 5) is 14.1. The lowest BCUT2D eigenvalue weighted by Gasteiger charge is -2.33. The second-order valence-corrected chi connectivity index (χ2v) is 8.47. The third-order valence-corrected chi connectivity index (χ3v) is 6.38. The number of benzene rings is 2. The molecule has 1 aliphatic heterocycles. The van der Waals surface area contributed by atoms with Gasteiger partial charge in [-0.25, -0.2) is 17.5 Å². The minimum atomic E-state index is -3.79. The SMILES string of the molecule is O=C(CCNS(=O)(=O)c1ccccc1Cl)N1CCOC(c2ccc(F)cc2)C1. The number of hydrogen-bond donors (Lipinski definition) is 1. The lowest BCUT2D eigenvalue weighted by Crippen LogP contribution is -2.43. The molecule has 1 heterocycles. The summed E-state index contributed by atoms with van der Waals surface area (Å²) >= 11 is 5.92. The molecule has 0 radical (unpaired) electrons. The molecular weight excluding hydrogens is 407 g/mol. The predicted octanol–water partition coefficient (Wildman–Crippen LogP) is 2.75. The molecule has 150 valence electrons. The zero-order valence-corrected chi connectivity index (χ0v) is 16.5. The Morgan fingerprint density at radius 1 is 1.21 bits per heavy atom. The Kier molecular flexibility index (Phi) is 6.66. The molecule has 3 rings (SSSR count). The third kappa shape index (κ3) is 5.08. The summed E-state index contributed by atoms with van der Waals surface area (Å²) in [7, 11) is -3.79. The van der Waals surface area contributed by atoms with Crippen molar-refractivity contribution in [2.24, 2.45) is 0 Å². The Morgan fingerprint density at radius 2 is 1.93 bits per heavy atom. The van der Waals surface area contributed by atoms with Crippen molar-refractivity contribution in [3.63, 3.8) is 0 Å². The van der Waals surface area contributed by atoms with E-state index < -0.39 is 10.0 Å². The molecule has 0 aromatic heterocycles. The van der Waals surface area contributed by atoms with Crippen LogP contribution in [0.2, 0.25) is 5.02 Å². The number of morpholine rings is 1. The van der Waals surface area contributed by atoms with Crippen molar-refractivity contribution in [2.75, 3.05) is 26.2 Å². The normalized spacial score (nSPS) is 17.5. The summed E-state index contributed by atoms with van der Waals surface area (Å²) in [6.45, 7) is 1.08. The maximum atomic E-state index is 13.1. The van der Waals surface area contributed by atoms with Crippen LogP contribution in [0.1, 0.15) is 18.1 Å². The average molecular weight is 427 g/mol. The Labute approximate surface area is 168 Å². The summed E-state index contributed by atoms with van der Waals surface area (Å²) in [6, 6.07) is 12.1. The van der Waals surface area contributed by atoms with E-state index in [9.17, 15) is 17.6 Å². The number of halogens is 2. The lowest BCUT2D eigenvalue weighted by atomic mass is 10.1. The van der Waals surface area contributed by atoms with Crippen molar-refractivity contribution in [2.45, 2.75) is 17.4 Å². The molecule has 1 atom stereocenters. The van der Waals surface area contributed by atoms with Crippen LogP contribution in [0.15, 0.2) is 53.4 Å². The van der Waals surface area contributed by atoms with Gasteiger partial charge in [-0.15, -0.1) is 0 Å². The van der Waals surface area contributed by atoms with Crippen LogP contribution in [-0.2, 0) is 19.6 Å². The fourth-order valence-electron chi connectivity index (χ4n) is 2.95. The molecule has 1 fully saturated rings. The first-order valence-electron chi connectivity index (χ1n) is 8.76. The number of amides is 1. The van der Waals surface area contributed by atoms with Crippen molar-refractivity contribution in [1.82, 2.24) is 9.62 Å². The van der Waals surface area contributed by atoms with Crippen molar-refractivity contribution in [3.05, 3.63) is 64.9 Å². The van der Waals surface area contributed by atoms with Crippen molar-refractivity contribution in [3.8, 4) is 0 Å². The van der Waals surface area contributed by atoms with Gasteiger partial charge in [0.1, 0.15) is 16.8 Å². The van der Waals surface area contributed by atoms with Gasteiger partial charge in [0.05, 0.1) is 18.2 Å². The molecule has 1 amide bonds. The molecule has 9 heteroatoms. The van der Waals surface area contributed by atoms with E-state index in [-0.39, 0.29) is 40.7 Å². The molecule has 1 saturated heterocycles. The number of nitrogens with one attached hydrogen (secondary N) is 1. The summed E-state index contributed by atoms with van der Waals surface area (Å²) in [5.74, 6) is -0.518. The molecule has 28 heavy (non-hydrogen) atoms. The molecule has 1 N–H and O–H groups in total. The fraction of sp³-hybridized carbons (Fsp3) is 0.316. The van der Waals surface area contributed by atoms with E-state index in [1.54, 1.807) is 29.2 Å². The first-order valence-corrected chi connectivity index (χ1v) is 10.6. The standard InChI is InChI=1S/C19H20ClFN2O4S/c20-16-3-1-2-4-18(16)28(25,26)22-10-9-19(24)23-11-12-27-17(13-23)14-5-7-15(21)8-6-14/h1-8,17,22H,9-13H2. The third-order valence-electron chi connectivity index (χ3n) is 4.42. The molecule has 2 aromatic rings. The number of rotatable bonds is 6. The first-order chi connectivity index (χ1) is 13.4. The van der Waals surface area contributed by atoms with Crippen LogP contribution in [0.25, 0.3) is 0 Å². The van der Waals surface area contributed by atoms with Crippen LogP contribution in [0.3, 0.4) is 0 Å². The van der Waals surface area contributed by atoms with E-state index in [1.807, 2.05) is 0 Å². The smallest absolute Gasteiger partial charge is 0.242 e. The number of nitrogens with zero attached hydrogens (tertiary/aromatic N) is 1. The van der Waals surface area contributed by atoms with Gasteiger partial charge in [-0.05, 0) is 29.8 Å². The van der Waals surface area contributed by atoms with E-state index in [4.69, 9.17) is 16.3 Å². The zero-order chi connectivity index (χ0) is 20.1. The van der Waals surface area contributed by atoms with Crippen LogP contribution in [0.5, 0.6) is 0 Å². The highest BCUT2D eigenvalue weighted by molar-refractivity contribution is 7.89. The molecular formula is C19H20ClFN2O4S. The van der Waals surface area contributed by atoms with E-state index in [2.05, 4.69) is 4.72 Å². The molecule has 0 aliphatic carbocycles. The van der Waals surface area contributed by atoms with Gasteiger partial charge in [-0.2, -0.15) is 0 Å². The number of carbonyl (C=O) groups is 1. The highest BCUT2D eigenvalue weighted by Crippen LogP contribution is 2.23. The summed E-state index contributed by atoms with van der Waals surface area (Å²) in [5, 5.41) is 0.122. The fourth-order valence-corrected chi connectivity index (χ4v) is 4.49. The maximum Gasteiger partial charge on any atom is 0.242 e. The van der Waals surface area contributed by atoms with Crippen molar-refractivity contribution < 1.29 is 22.3 Å². The van der Waals surface area contributed by atoms with Gasteiger partial charge >= 0.3 is 0 Å². The summed E-state index contributed by atoms with van der Waals surface area (Å²) in [6.07, 6.45) is -0.321. The number of ether oxygens (including phenoxy) is 1. The Hall–Kier alpha value is -2.00. The van der Waals surface area contributed by atoms with Gasteiger partial charge < -0.3 is 9.64 Å². The predicted molar refractivity (Wildman–Crippen MR) is 103 cm³/mol. The van der Waals surface area contributed by atoms with Gasteiger partial charge in [0, 0.05) is 19.5 Å². The van der Waals surface area contributed by atoms with E-state index in [0.29, 0.717) is 19.7 Å². The lowest BCUT2D eigenvalue weighted by molar-refractivity contribution is -0.138. The summed E-state index contributed by atoms with van der Waals surface area (Å²) in [5.41, 5.74) is 0.790. The van der Waals surface area contributed by atoms with E-state index >= 15 is 0 Å². The molecule has 1 unspecified atom stereocenters. The zero-order valence-electron chi connectivity index (χ0n) is 15.0. The number of sulfonamides is 1. The topological polar surface area (TPSA) is 75.7 Å². The Bertz CT molecular complexity index is 937. The molecule has 2 aromatic carbocycles. The van der Waals surface area contributed by atoms with Crippen molar-refractivity contribution >= 4 is 27.5 Å². The largest absolute Gasteiger partial charge is 0.370 e. The Morgan fingerprint density at radius 3 is 2.64 bits per heavy atom. The maximum absolute atomic E-state index is 13.1. The molecule has 0 bridgehead atoms. The van der Waals surface area contributed by atoms with Crippen LogP contribution in [-0.4, -0.2) is 45.5 Å². The Balaban J connectivity index is 1.54. The van der Waals surface area contributed by atoms with Gasteiger partial charge in [-0.1, -0.05) is 35.9 Å². The van der Waals surface area contributed by atoms with Gasteiger partial charge in [0.25, 0.3) is 0 Å². The van der Waals surface area contributed by atoms with Gasteiger partial charge in [0.15, 0.2) is 0 Å². The van der Waals surface area contributed by atoms with Crippen LogP contribution in [0.4, 0.5) is 4.39 Å². The molecule has 0 saturated carbocycles. The number of hydrogen-bond acceptors (Lipinski definition) is 4. The van der Waals surface area contributed by atoms with Crippen molar-refractivity contribution in [1.29, 1.82) is 0 Å². The van der Waals surface area contributed by atoms with Crippen LogP contribution >= 0.6 is 11.6 Å². The number of carbonyl (C=O) groups excluding carboxylic acids is 1. The molecule has 0 spiro atoms. The monoisotopic (exact) mass is 426 g/mol. The average Bonchev–Trinajstić information content (AvgIpc) is 2.68. The second kappa shape index (κ2) is 9.00. The highest BCUT2D eigenvalue weighted by atomic mass is 35.5. The van der Waals surface area contributed by atoms with Crippen LogP contribution < -0.4 is 4.72 Å².